The first kappa shape index (κ1) is 15.4. The summed E-state index contributed by atoms with van der Waals surface area (Å²) in [6, 6.07) is 7.75. The van der Waals surface area contributed by atoms with Crippen LogP contribution in [0.1, 0.15) is 17.5 Å². The Bertz CT molecular complexity index is 629. The number of nitrogens with one attached hydrogen (secondary N) is 1. The maximum absolute atomic E-state index is 12.5. The second kappa shape index (κ2) is 6.16. The molecule has 1 atom stereocenters. The topological polar surface area (TPSA) is 45.5 Å². The molecule has 108 valence electrons. The average molecular weight is 360 g/mol. The van der Waals surface area contributed by atoms with Crippen molar-refractivity contribution >= 4 is 45.2 Å². The molecule has 20 heavy (non-hydrogen) atoms. The van der Waals surface area contributed by atoms with Crippen LogP contribution in [0.3, 0.4) is 0 Å². The van der Waals surface area contributed by atoms with Crippen molar-refractivity contribution in [3.8, 4) is 0 Å². The first-order valence-electron chi connectivity index (χ1n) is 6.36. The molecule has 4 nitrogen and oxygen atoms in total. The van der Waals surface area contributed by atoms with Gasteiger partial charge in [0.2, 0.25) is 0 Å². The number of furan rings is 1. The van der Waals surface area contributed by atoms with Crippen molar-refractivity contribution < 1.29 is 9.21 Å². The molecule has 1 amide bonds. The van der Waals surface area contributed by atoms with Crippen molar-refractivity contribution in [3.05, 3.63) is 34.5 Å². The standard InChI is InChI=1S/C14H15BrN2O2.ClH/c1-9-8-16-4-5-17(9)14(18)13-7-10-6-11(15)2-3-12(10)19-13;/h2-3,6-7,9,16H,4-5,8H2,1H3;1H/t9-;/m0./s1. The summed E-state index contributed by atoms with van der Waals surface area (Å²) in [7, 11) is 0. The largest absolute Gasteiger partial charge is 0.451 e. The molecule has 1 saturated heterocycles. The van der Waals surface area contributed by atoms with Gasteiger partial charge in [-0.3, -0.25) is 4.79 Å². The van der Waals surface area contributed by atoms with Crippen LogP contribution in [-0.4, -0.2) is 36.5 Å². The number of rotatable bonds is 1. The van der Waals surface area contributed by atoms with Gasteiger partial charge in [-0.1, -0.05) is 15.9 Å². The molecular weight excluding hydrogens is 344 g/mol. The lowest BCUT2D eigenvalue weighted by atomic mass is 10.2. The van der Waals surface area contributed by atoms with E-state index in [-0.39, 0.29) is 24.4 Å². The predicted octanol–water partition coefficient (Wildman–Crippen LogP) is 3.05. The Morgan fingerprint density at radius 1 is 1.45 bits per heavy atom. The fourth-order valence-electron chi connectivity index (χ4n) is 2.40. The molecule has 3 rings (SSSR count). The molecule has 1 N–H and O–H groups in total. The van der Waals surface area contributed by atoms with E-state index in [1.54, 1.807) is 0 Å². The van der Waals surface area contributed by atoms with Gasteiger partial charge in [0.15, 0.2) is 5.76 Å². The molecule has 1 aromatic heterocycles. The van der Waals surface area contributed by atoms with E-state index < -0.39 is 0 Å². The summed E-state index contributed by atoms with van der Waals surface area (Å²) in [5, 5.41) is 4.22. The van der Waals surface area contributed by atoms with Gasteiger partial charge in [0.05, 0.1) is 0 Å². The zero-order chi connectivity index (χ0) is 13.4. The Balaban J connectivity index is 0.00000147. The van der Waals surface area contributed by atoms with Crippen LogP contribution in [0.25, 0.3) is 11.0 Å². The minimum Gasteiger partial charge on any atom is -0.451 e. The van der Waals surface area contributed by atoms with Crippen LogP contribution >= 0.6 is 28.3 Å². The molecule has 0 radical (unpaired) electrons. The zero-order valence-electron chi connectivity index (χ0n) is 11.1. The van der Waals surface area contributed by atoms with E-state index in [1.807, 2.05) is 36.1 Å². The summed E-state index contributed by atoms with van der Waals surface area (Å²) in [5.41, 5.74) is 0.745. The third-order valence-electron chi connectivity index (χ3n) is 3.45. The van der Waals surface area contributed by atoms with E-state index in [0.29, 0.717) is 5.76 Å². The van der Waals surface area contributed by atoms with E-state index in [9.17, 15) is 4.79 Å². The van der Waals surface area contributed by atoms with Gasteiger partial charge < -0.3 is 14.6 Å². The number of piperazine rings is 1. The van der Waals surface area contributed by atoms with Crippen molar-refractivity contribution in [3.63, 3.8) is 0 Å². The van der Waals surface area contributed by atoms with Gasteiger partial charge in [-0.05, 0) is 31.2 Å². The van der Waals surface area contributed by atoms with E-state index in [1.165, 1.54) is 0 Å². The molecule has 0 unspecified atom stereocenters. The summed E-state index contributed by atoms with van der Waals surface area (Å²) in [6.07, 6.45) is 0. The van der Waals surface area contributed by atoms with E-state index in [2.05, 4.69) is 21.2 Å². The Kier molecular flexibility index (Phi) is 4.73. The molecule has 0 spiro atoms. The number of benzene rings is 1. The minimum atomic E-state index is -0.0266. The van der Waals surface area contributed by atoms with Crippen molar-refractivity contribution in [1.29, 1.82) is 0 Å². The molecule has 0 bridgehead atoms. The highest BCUT2D eigenvalue weighted by Gasteiger charge is 2.26. The highest BCUT2D eigenvalue weighted by Crippen LogP contribution is 2.24. The van der Waals surface area contributed by atoms with Crippen LogP contribution in [0, 0.1) is 0 Å². The van der Waals surface area contributed by atoms with Crippen molar-refractivity contribution in [2.75, 3.05) is 19.6 Å². The molecule has 2 aromatic rings. The lowest BCUT2D eigenvalue weighted by Crippen LogP contribution is -2.52. The molecule has 1 aliphatic heterocycles. The predicted molar refractivity (Wildman–Crippen MR) is 84.5 cm³/mol. The van der Waals surface area contributed by atoms with Gasteiger partial charge in [-0.2, -0.15) is 0 Å². The molecule has 0 aliphatic carbocycles. The van der Waals surface area contributed by atoms with E-state index in [0.717, 1.165) is 35.1 Å². The number of carbonyl (C=O) groups is 1. The molecule has 2 heterocycles. The van der Waals surface area contributed by atoms with Gasteiger partial charge in [-0.15, -0.1) is 12.4 Å². The average Bonchev–Trinajstić information content (AvgIpc) is 2.81. The number of hydrogen-bond acceptors (Lipinski definition) is 3. The summed E-state index contributed by atoms with van der Waals surface area (Å²) < 4.78 is 6.64. The fourth-order valence-corrected chi connectivity index (χ4v) is 2.78. The minimum absolute atomic E-state index is 0. The van der Waals surface area contributed by atoms with Gasteiger partial charge in [0, 0.05) is 35.5 Å². The third kappa shape index (κ3) is 2.85. The second-order valence-electron chi connectivity index (χ2n) is 4.84. The Morgan fingerprint density at radius 2 is 2.25 bits per heavy atom. The van der Waals surface area contributed by atoms with Crippen molar-refractivity contribution in [2.45, 2.75) is 13.0 Å². The SMILES string of the molecule is C[C@H]1CNCCN1C(=O)c1cc2cc(Br)ccc2o1.Cl. The Labute approximate surface area is 132 Å². The normalized spacial score (nSPS) is 18.9. The molecule has 0 saturated carbocycles. The van der Waals surface area contributed by atoms with Crippen LogP contribution in [0.5, 0.6) is 0 Å². The number of halogens is 2. The monoisotopic (exact) mass is 358 g/mol. The highest BCUT2D eigenvalue weighted by atomic mass is 79.9. The third-order valence-corrected chi connectivity index (χ3v) is 3.94. The first-order valence-corrected chi connectivity index (χ1v) is 7.15. The van der Waals surface area contributed by atoms with E-state index in [4.69, 9.17) is 4.42 Å². The van der Waals surface area contributed by atoms with Crippen LogP contribution in [-0.2, 0) is 0 Å². The summed E-state index contributed by atoms with van der Waals surface area (Å²) in [5.74, 6) is 0.392. The molecule has 1 aromatic carbocycles. The van der Waals surface area contributed by atoms with Gasteiger partial charge >= 0.3 is 0 Å². The smallest absolute Gasteiger partial charge is 0.289 e. The molecule has 6 heteroatoms. The summed E-state index contributed by atoms with van der Waals surface area (Å²) >= 11 is 3.42. The zero-order valence-corrected chi connectivity index (χ0v) is 13.5. The molecular formula is C14H16BrClN2O2. The van der Waals surface area contributed by atoms with Crippen LogP contribution in [0.15, 0.2) is 33.2 Å². The number of carbonyl (C=O) groups excluding carboxylic acids is 1. The number of amides is 1. The second-order valence-corrected chi connectivity index (χ2v) is 5.76. The van der Waals surface area contributed by atoms with Crippen LogP contribution in [0.2, 0.25) is 0 Å². The summed E-state index contributed by atoms with van der Waals surface area (Å²) in [4.78, 5) is 14.3. The number of nitrogens with zero attached hydrogens (tertiary/aromatic N) is 1. The number of hydrogen-bond donors (Lipinski definition) is 1. The Hall–Kier alpha value is -1.04. The fraction of sp³-hybridized carbons (Fsp3) is 0.357. The quantitative estimate of drug-likeness (QED) is 0.851. The lowest BCUT2D eigenvalue weighted by Gasteiger charge is -2.33. The Morgan fingerprint density at radius 3 is 3.00 bits per heavy atom. The molecule has 1 fully saturated rings. The van der Waals surface area contributed by atoms with Gasteiger partial charge in [0.1, 0.15) is 5.58 Å². The maximum Gasteiger partial charge on any atom is 0.289 e. The molecule has 1 aliphatic rings. The van der Waals surface area contributed by atoms with Crippen LogP contribution in [0.4, 0.5) is 0 Å². The van der Waals surface area contributed by atoms with Crippen molar-refractivity contribution in [2.24, 2.45) is 0 Å². The first-order chi connectivity index (χ1) is 9.15. The highest BCUT2D eigenvalue weighted by molar-refractivity contribution is 9.10. The number of fused-ring (bicyclic) bond motifs is 1. The van der Waals surface area contributed by atoms with Gasteiger partial charge in [-0.25, -0.2) is 0 Å². The van der Waals surface area contributed by atoms with Crippen LogP contribution < -0.4 is 5.32 Å². The van der Waals surface area contributed by atoms with Crippen molar-refractivity contribution in [1.82, 2.24) is 10.2 Å². The van der Waals surface area contributed by atoms with Gasteiger partial charge in [0.25, 0.3) is 5.91 Å². The van der Waals surface area contributed by atoms with E-state index >= 15 is 0 Å². The maximum atomic E-state index is 12.5. The summed E-state index contributed by atoms with van der Waals surface area (Å²) in [6.45, 7) is 4.43. The lowest BCUT2D eigenvalue weighted by molar-refractivity contribution is 0.0625.